The third-order valence-corrected chi connectivity index (χ3v) is 6.99. The number of carbonyl (C=O) groups is 1. The van der Waals surface area contributed by atoms with Gasteiger partial charge in [0.05, 0.1) is 16.3 Å². The number of hydrogen-bond acceptors (Lipinski definition) is 5. The van der Waals surface area contributed by atoms with Gasteiger partial charge in [0.15, 0.2) is 5.16 Å². The van der Waals surface area contributed by atoms with E-state index in [9.17, 15) is 13.2 Å². The highest BCUT2D eigenvalue weighted by atomic mass is 32.2. The van der Waals surface area contributed by atoms with Crippen LogP contribution in [0.25, 0.3) is 0 Å². The third kappa shape index (κ3) is 5.36. The number of nitrogens with one attached hydrogen (secondary N) is 1. The van der Waals surface area contributed by atoms with Crippen LogP contribution < -0.4 is 5.32 Å². The molecule has 2 aromatic rings. The molecule has 0 aliphatic carbocycles. The SMILES string of the molecule is Cc1nc(SCC(=O)Nc2cccc(S(=O)(=O)N(C)C)c2)n(CC(C)C)c1C. The molecule has 0 aliphatic heterocycles. The zero-order chi connectivity index (χ0) is 21.1. The van der Waals surface area contributed by atoms with Crippen LogP contribution in [-0.4, -0.2) is 48.0 Å². The molecule has 154 valence electrons. The van der Waals surface area contributed by atoms with E-state index < -0.39 is 10.0 Å². The van der Waals surface area contributed by atoms with Crippen molar-refractivity contribution in [3.8, 4) is 0 Å². The highest BCUT2D eigenvalue weighted by molar-refractivity contribution is 7.99. The number of imidazole rings is 1. The fraction of sp³-hybridized carbons (Fsp3) is 0.474. The summed E-state index contributed by atoms with van der Waals surface area (Å²) in [6, 6.07) is 6.26. The van der Waals surface area contributed by atoms with Crippen LogP contribution in [0.4, 0.5) is 5.69 Å². The molecule has 0 unspecified atom stereocenters. The molecule has 0 spiro atoms. The van der Waals surface area contributed by atoms with Crippen molar-refractivity contribution < 1.29 is 13.2 Å². The van der Waals surface area contributed by atoms with Crippen LogP contribution in [0.2, 0.25) is 0 Å². The van der Waals surface area contributed by atoms with Gasteiger partial charge in [-0.3, -0.25) is 4.79 Å². The van der Waals surface area contributed by atoms with Gasteiger partial charge in [0.25, 0.3) is 0 Å². The fourth-order valence-corrected chi connectivity index (χ4v) is 4.44. The molecular formula is C19H28N4O3S2. The van der Waals surface area contributed by atoms with E-state index in [0.29, 0.717) is 11.6 Å². The number of sulfonamides is 1. The molecule has 0 fully saturated rings. The van der Waals surface area contributed by atoms with Gasteiger partial charge in [-0.05, 0) is 38.0 Å². The minimum atomic E-state index is -3.55. The second-order valence-electron chi connectivity index (χ2n) is 7.22. The van der Waals surface area contributed by atoms with E-state index in [4.69, 9.17) is 0 Å². The summed E-state index contributed by atoms with van der Waals surface area (Å²) in [5.41, 5.74) is 2.52. The fourth-order valence-electron chi connectivity index (χ4n) is 2.59. The van der Waals surface area contributed by atoms with Crippen molar-refractivity contribution in [2.75, 3.05) is 25.2 Å². The quantitative estimate of drug-likeness (QED) is 0.658. The van der Waals surface area contributed by atoms with Crippen LogP contribution in [0.5, 0.6) is 0 Å². The Kier molecular flexibility index (Phi) is 7.30. The number of benzene rings is 1. The molecule has 2 rings (SSSR count). The molecule has 1 aromatic carbocycles. The predicted octanol–water partition coefficient (Wildman–Crippen LogP) is 3.14. The summed E-state index contributed by atoms with van der Waals surface area (Å²) < 4.78 is 27.8. The largest absolute Gasteiger partial charge is 0.325 e. The zero-order valence-corrected chi connectivity index (χ0v) is 18.8. The molecule has 0 saturated carbocycles. The average Bonchev–Trinajstić information content (AvgIpc) is 2.87. The van der Waals surface area contributed by atoms with Crippen LogP contribution in [-0.2, 0) is 21.4 Å². The highest BCUT2D eigenvalue weighted by Crippen LogP contribution is 2.23. The van der Waals surface area contributed by atoms with Gasteiger partial charge in [-0.2, -0.15) is 0 Å². The Balaban J connectivity index is 2.07. The molecule has 0 radical (unpaired) electrons. The number of anilines is 1. The molecular weight excluding hydrogens is 396 g/mol. The van der Waals surface area contributed by atoms with E-state index in [1.54, 1.807) is 12.1 Å². The van der Waals surface area contributed by atoms with Crippen molar-refractivity contribution in [1.82, 2.24) is 13.9 Å². The first-order chi connectivity index (χ1) is 13.0. The second-order valence-corrected chi connectivity index (χ2v) is 10.3. The topological polar surface area (TPSA) is 84.3 Å². The Hall–Kier alpha value is -1.84. The number of nitrogens with zero attached hydrogens (tertiary/aromatic N) is 3. The van der Waals surface area contributed by atoms with Crippen molar-refractivity contribution >= 4 is 33.4 Å². The van der Waals surface area contributed by atoms with Crippen molar-refractivity contribution in [1.29, 1.82) is 0 Å². The first-order valence-electron chi connectivity index (χ1n) is 9.01. The first kappa shape index (κ1) is 22.4. The molecule has 7 nitrogen and oxygen atoms in total. The smallest absolute Gasteiger partial charge is 0.242 e. The minimum Gasteiger partial charge on any atom is -0.325 e. The lowest BCUT2D eigenvalue weighted by Gasteiger charge is -2.13. The van der Waals surface area contributed by atoms with Gasteiger partial charge in [-0.1, -0.05) is 31.7 Å². The summed E-state index contributed by atoms with van der Waals surface area (Å²) in [6.45, 7) is 9.13. The Labute approximate surface area is 171 Å². The Morgan fingerprint density at radius 2 is 1.96 bits per heavy atom. The monoisotopic (exact) mass is 424 g/mol. The summed E-state index contributed by atoms with van der Waals surface area (Å²) in [6.07, 6.45) is 0. The van der Waals surface area contributed by atoms with Crippen LogP contribution in [0, 0.1) is 19.8 Å². The summed E-state index contributed by atoms with van der Waals surface area (Å²) in [7, 11) is -0.601. The van der Waals surface area contributed by atoms with Gasteiger partial charge in [-0.15, -0.1) is 0 Å². The molecule has 28 heavy (non-hydrogen) atoms. The standard InChI is InChI=1S/C19H28N4O3S2/c1-13(2)11-23-15(4)14(3)20-19(23)27-12-18(24)21-16-8-7-9-17(10-16)28(25,26)22(5)6/h7-10,13H,11-12H2,1-6H3,(H,21,24). The Morgan fingerprint density at radius 1 is 1.29 bits per heavy atom. The number of thioether (sulfide) groups is 1. The number of rotatable bonds is 8. The van der Waals surface area contributed by atoms with Gasteiger partial charge >= 0.3 is 0 Å². The molecule has 0 aliphatic rings. The van der Waals surface area contributed by atoms with Gasteiger partial charge in [-0.25, -0.2) is 17.7 Å². The number of aryl methyl sites for hydroxylation is 1. The average molecular weight is 425 g/mol. The molecule has 1 N–H and O–H groups in total. The van der Waals surface area contributed by atoms with Crippen molar-refractivity contribution in [2.24, 2.45) is 5.92 Å². The predicted molar refractivity (Wildman–Crippen MR) is 113 cm³/mol. The lowest BCUT2D eigenvalue weighted by atomic mass is 10.2. The maximum absolute atomic E-state index is 12.4. The van der Waals surface area contributed by atoms with E-state index in [1.165, 1.54) is 38.0 Å². The minimum absolute atomic E-state index is 0.140. The molecule has 9 heteroatoms. The van der Waals surface area contributed by atoms with E-state index in [-0.39, 0.29) is 16.6 Å². The van der Waals surface area contributed by atoms with Crippen LogP contribution in [0.1, 0.15) is 25.2 Å². The van der Waals surface area contributed by atoms with Gasteiger partial charge < -0.3 is 9.88 Å². The first-order valence-corrected chi connectivity index (χ1v) is 11.4. The van der Waals surface area contributed by atoms with Gasteiger partial charge in [0.1, 0.15) is 0 Å². The van der Waals surface area contributed by atoms with Crippen LogP contribution in [0.3, 0.4) is 0 Å². The van der Waals surface area contributed by atoms with E-state index in [1.807, 2.05) is 13.8 Å². The van der Waals surface area contributed by atoms with Gasteiger partial charge in [0, 0.05) is 32.0 Å². The van der Waals surface area contributed by atoms with E-state index in [0.717, 1.165) is 27.4 Å². The van der Waals surface area contributed by atoms with Crippen LogP contribution >= 0.6 is 11.8 Å². The second kappa shape index (κ2) is 9.11. The zero-order valence-electron chi connectivity index (χ0n) is 17.2. The van der Waals surface area contributed by atoms with Crippen molar-refractivity contribution in [3.63, 3.8) is 0 Å². The number of aromatic nitrogens is 2. The lowest BCUT2D eigenvalue weighted by Crippen LogP contribution is -2.22. The summed E-state index contributed by atoms with van der Waals surface area (Å²) >= 11 is 1.38. The van der Waals surface area contributed by atoms with Crippen molar-refractivity contribution in [2.45, 2.75) is 44.3 Å². The lowest BCUT2D eigenvalue weighted by molar-refractivity contribution is -0.113. The number of hydrogen-bond donors (Lipinski definition) is 1. The normalized spacial score (nSPS) is 12.0. The molecule has 1 amide bonds. The summed E-state index contributed by atoms with van der Waals surface area (Å²) in [4.78, 5) is 17.1. The Morgan fingerprint density at radius 3 is 2.57 bits per heavy atom. The third-order valence-electron chi connectivity index (χ3n) is 4.20. The highest BCUT2D eigenvalue weighted by Gasteiger charge is 2.18. The summed E-state index contributed by atoms with van der Waals surface area (Å²) in [5, 5.41) is 3.59. The van der Waals surface area contributed by atoms with E-state index in [2.05, 4.69) is 28.7 Å². The van der Waals surface area contributed by atoms with Crippen LogP contribution in [0.15, 0.2) is 34.3 Å². The molecule has 0 saturated heterocycles. The Bertz CT molecular complexity index is 950. The maximum Gasteiger partial charge on any atom is 0.242 e. The number of carbonyl (C=O) groups excluding carboxylic acids is 1. The molecule has 0 atom stereocenters. The van der Waals surface area contributed by atoms with Crippen molar-refractivity contribution in [3.05, 3.63) is 35.7 Å². The molecule has 1 heterocycles. The molecule has 1 aromatic heterocycles. The summed E-state index contributed by atoms with van der Waals surface area (Å²) in [5.74, 6) is 0.458. The molecule has 0 bridgehead atoms. The van der Waals surface area contributed by atoms with Gasteiger partial charge in [0.2, 0.25) is 15.9 Å². The maximum atomic E-state index is 12.4. The number of amides is 1. The van der Waals surface area contributed by atoms with E-state index >= 15 is 0 Å².